The Labute approximate surface area is 77.5 Å². The molecule has 0 saturated carbocycles. The molecular weight excluding hydrogens is 164 g/mol. The van der Waals surface area contributed by atoms with Gasteiger partial charge in [0.15, 0.2) is 0 Å². The smallest absolute Gasteiger partial charge is 0.313 e. The fourth-order valence-corrected chi connectivity index (χ4v) is 1.67. The lowest BCUT2D eigenvalue weighted by atomic mass is 9.93. The molecule has 1 saturated heterocycles. The van der Waals surface area contributed by atoms with E-state index in [1.54, 1.807) is 0 Å². The first kappa shape index (κ1) is 8.30. The molecule has 1 aliphatic rings. The first-order valence-electron chi connectivity index (χ1n) is 4.59. The minimum absolute atomic E-state index is 0.0325. The average molecular weight is 176 g/mol. The lowest BCUT2D eigenvalue weighted by Gasteiger charge is -2.20. The summed E-state index contributed by atoms with van der Waals surface area (Å²) < 4.78 is 5.01. The second kappa shape index (κ2) is 3.60. The molecule has 1 unspecified atom stereocenters. The maximum Gasteiger partial charge on any atom is 0.313 e. The summed E-state index contributed by atoms with van der Waals surface area (Å²) in [6.45, 7) is 0.585. The highest BCUT2D eigenvalue weighted by molar-refractivity contribution is 5.78. The normalized spacial score (nSPS) is 22.5. The third kappa shape index (κ3) is 1.72. The number of hydrogen-bond donors (Lipinski definition) is 0. The van der Waals surface area contributed by atoms with Gasteiger partial charge >= 0.3 is 5.97 Å². The van der Waals surface area contributed by atoms with Crippen molar-refractivity contribution in [1.82, 2.24) is 0 Å². The average Bonchev–Trinajstić information content (AvgIpc) is 2.20. The Kier molecular flexibility index (Phi) is 2.30. The van der Waals surface area contributed by atoms with Gasteiger partial charge in [-0.2, -0.15) is 0 Å². The standard InChI is InChI=1S/C11H12O2/c12-11-10(7-4-8-13-11)9-5-2-1-3-6-9/h1-3,5-6,10H,4,7-8H2. The molecule has 1 heterocycles. The summed E-state index contributed by atoms with van der Waals surface area (Å²) in [5.41, 5.74) is 1.08. The van der Waals surface area contributed by atoms with Crippen molar-refractivity contribution in [3.63, 3.8) is 0 Å². The van der Waals surface area contributed by atoms with Gasteiger partial charge in [0, 0.05) is 0 Å². The second-order valence-corrected chi connectivity index (χ2v) is 3.27. The molecule has 1 atom stereocenters. The van der Waals surface area contributed by atoms with Crippen molar-refractivity contribution in [2.45, 2.75) is 18.8 Å². The zero-order valence-electron chi connectivity index (χ0n) is 7.40. The van der Waals surface area contributed by atoms with Gasteiger partial charge in [-0.3, -0.25) is 4.79 Å². The summed E-state index contributed by atoms with van der Waals surface area (Å²) in [5, 5.41) is 0. The van der Waals surface area contributed by atoms with Gasteiger partial charge in [-0.1, -0.05) is 30.3 Å². The maximum atomic E-state index is 11.4. The summed E-state index contributed by atoms with van der Waals surface area (Å²) >= 11 is 0. The van der Waals surface area contributed by atoms with Crippen LogP contribution in [0, 0.1) is 0 Å². The Morgan fingerprint density at radius 2 is 2.00 bits per heavy atom. The molecule has 1 aromatic carbocycles. The van der Waals surface area contributed by atoms with Gasteiger partial charge in [0.2, 0.25) is 0 Å². The number of rotatable bonds is 1. The molecule has 0 aromatic heterocycles. The van der Waals surface area contributed by atoms with E-state index in [1.165, 1.54) is 0 Å². The summed E-state index contributed by atoms with van der Waals surface area (Å²) in [5.74, 6) is -0.104. The van der Waals surface area contributed by atoms with Crippen LogP contribution in [0.15, 0.2) is 30.3 Å². The number of carbonyl (C=O) groups is 1. The van der Waals surface area contributed by atoms with Crippen LogP contribution in [0.3, 0.4) is 0 Å². The van der Waals surface area contributed by atoms with Gasteiger partial charge in [0.05, 0.1) is 12.5 Å². The molecule has 0 N–H and O–H groups in total. The van der Waals surface area contributed by atoms with E-state index in [2.05, 4.69) is 0 Å². The number of benzene rings is 1. The van der Waals surface area contributed by atoms with Crippen molar-refractivity contribution < 1.29 is 9.53 Å². The van der Waals surface area contributed by atoms with Gasteiger partial charge in [0.1, 0.15) is 0 Å². The zero-order chi connectivity index (χ0) is 9.10. The molecule has 1 fully saturated rings. The predicted octanol–water partition coefficient (Wildman–Crippen LogP) is 2.11. The number of esters is 1. The van der Waals surface area contributed by atoms with Gasteiger partial charge in [-0.15, -0.1) is 0 Å². The topological polar surface area (TPSA) is 26.3 Å². The van der Waals surface area contributed by atoms with Gasteiger partial charge in [0.25, 0.3) is 0 Å². The number of cyclic esters (lactones) is 1. The number of carbonyl (C=O) groups excluding carboxylic acids is 1. The van der Waals surface area contributed by atoms with E-state index >= 15 is 0 Å². The van der Waals surface area contributed by atoms with E-state index in [0.717, 1.165) is 18.4 Å². The first-order valence-corrected chi connectivity index (χ1v) is 4.59. The van der Waals surface area contributed by atoms with E-state index in [9.17, 15) is 4.79 Å². The summed E-state index contributed by atoms with van der Waals surface area (Å²) in [4.78, 5) is 11.4. The van der Waals surface area contributed by atoms with Crippen molar-refractivity contribution in [1.29, 1.82) is 0 Å². The fraction of sp³-hybridized carbons (Fsp3) is 0.364. The van der Waals surface area contributed by atoms with Crippen LogP contribution < -0.4 is 0 Å². The highest BCUT2D eigenvalue weighted by atomic mass is 16.5. The van der Waals surface area contributed by atoms with Crippen LogP contribution in [0.2, 0.25) is 0 Å². The lowest BCUT2D eigenvalue weighted by molar-refractivity contribution is -0.149. The van der Waals surface area contributed by atoms with Crippen LogP contribution in [0.1, 0.15) is 24.3 Å². The van der Waals surface area contributed by atoms with Crippen molar-refractivity contribution >= 4 is 5.97 Å². The number of hydrogen-bond acceptors (Lipinski definition) is 2. The molecule has 1 aliphatic heterocycles. The first-order chi connectivity index (χ1) is 6.38. The molecule has 0 amide bonds. The molecule has 0 bridgehead atoms. The Morgan fingerprint density at radius 1 is 1.23 bits per heavy atom. The molecule has 1 aromatic rings. The van der Waals surface area contributed by atoms with Crippen LogP contribution in [0.25, 0.3) is 0 Å². The molecule has 2 heteroatoms. The SMILES string of the molecule is O=C1OCCCC1c1ccccc1. The lowest BCUT2D eigenvalue weighted by Crippen LogP contribution is -2.22. The van der Waals surface area contributed by atoms with Gasteiger partial charge in [-0.05, 0) is 18.4 Å². The molecule has 68 valence electrons. The Morgan fingerprint density at radius 3 is 2.69 bits per heavy atom. The zero-order valence-corrected chi connectivity index (χ0v) is 7.40. The molecule has 0 aliphatic carbocycles. The van der Waals surface area contributed by atoms with Crippen LogP contribution >= 0.6 is 0 Å². The Balaban J connectivity index is 2.20. The molecule has 2 nitrogen and oxygen atoms in total. The molecular formula is C11H12O2. The second-order valence-electron chi connectivity index (χ2n) is 3.27. The van der Waals surface area contributed by atoms with Crippen molar-refractivity contribution in [2.75, 3.05) is 6.61 Å². The minimum Gasteiger partial charge on any atom is -0.465 e. The molecule has 0 radical (unpaired) electrons. The third-order valence-corrected chi connectivity index (χ3v) is 2.37. The van der Waals surface area contributed by atoms with Crippen LogP contribution in [-0.2, 0) is 9.53 Å². The van der Waals surface area contributed by atoms with Crippen molar-refractivity contribution in [3.05, 3.63) is 35.9 Å². The third-order valence-electron chi connectivity index (χ3n) is 2.37. The molecule has 13 heavy (non-hydrogen) atoms. The van der Waals surface area contributed by atoms with E-state index < -0.39 is 0 Å². The monoisotopic (exact) mass is 176 g/mol. The Hall–Kier alpha value is -1.31. The maximum absolute atomic E-state index is 11.4. The fourth-order valence-electron chi connectivity index (χ4n) is 1.67. The molecule has 2 rings (SSSR count). The van der Waals surface area contributed by atoms with Crippen molar-refractivity contribution in [2.24, 2.45) is 0 Å². The van der Waals surface area contributed by atoms with Crippen LogP contribution in [0.5, 0.6) is 0 Å². The quantitative estimate of drug-likeness (QED) is 0.612. The number of ether oxygens (including phenoxy) is 1. The van der Waals surface area contributed by atoms with Crippen molar-refractivity contribution in [3.8, 4) is 0 Å². The summed E-state index contributed by atoms with van der Waals surface area (Å²) in [6, 6.07) is 9.83. The van der Waals surface area contributed by atoms with Gasteiger partial charge in [-0.25, -0.2) is 0 Å². The van der Waals surface area contributed by atoms with E-state index in [-0.39, 0.29) is 11.9 Å². The largest absolute Gasteiger partial charge is 0.465 e. The summed E-state index contributed by atoms with van der Waals surface area (Å²) in [6.07, 6.45) is 1.90. The van der Waals surface area contributed by atoms with E-state index in [0.29, 0.717) is 6.61 Å². The van der Waals surface area contributed by atoms with E-state index in [1.807, 2.05) is 30.3 Å². The summed E-state index contributed by atoms with van der Waals surface area (Å²) in [7, 11) is 0. The minimum atomic E-state index is -0.0718. The Bertz CT molecular complexity index is 292. The van der Waals surface area contributed by atoms with Gasteiger partial charge < -0.3 is 4.74 Å². The van der Waals surface area contributed by atoms with Crippen LogP contribution in [-0.4, -0.2) is 12.6 Å². The molecule has 0 spiro atoms. The van der Waals surface area contributed by atoms with Crippen LogP contribution in [0.4, 0.5) is 0 Å². The predicted molar refractivity (Wildman–Crippen MR) is 49.4 cm³/mol. The highest BCUT2D eigenvalue weighted by Crippen LogP contribution is 2.25. The van der Waals surface area contributed by atoms with E-state index in [4.69, 9.17) is 4.74 Å². The highest BCUT2D eigenvalue weighted by Gasteiger charge is 2.24.